The molecule has 0 unspecified atom stereocenters. The van der Waals surface area contributed by atoms with E-state index in [-0.39, 0.29) is 17.5 Å². The second-order valence-electron chi connectivity index (χ2n) is 9.25. The van der Waals surface area contributed by atoms with Crippen molar-refractivity contribution in [2.45, 2.75) is 71.3 Å². The Balaban J connectivity index is 1.46. The highest BCUT2D eigenvalue weighted by atomic mass is 16.5. The number of aryl methyl sites for hydroxylation is 2. The number of carboxylic acids is 1. The number of aliphatic carboxylic acids is 1. The molecule has 7 nitrogen and oxygen atoms in total. The van der Waals surface area contributed by atoms with Crippen LogP contribution < -0.4 is 15.7 Å². The predicted octanol–water partition coefficient (Wildman–Crippen LogP) is 3.75. The van der Waals surface area contributed by atoms with Gasteiger partial charge in [0.25, 0.3) is 5.91 Å². The highest BCUT2D eigenvalue weighted by Gasteiger charge is 2.27. The van der Waals surface area contributed by atoms with Gasteiger partial charge in [-0.25, -0.2) is 4.79 Å². The van der Waals surface area contributed by atoms with E-state index in [4.69, 9.17) is 14.3 Å². The lowest BCUT2D eigenvalue weighted by atomic mass is 9.82. The Kier molecular flexibility index (Phi) is 6.53. The Hall–Kier alpha value is -2.83. The number of fused-ring (bicyclic) bond motifs is 3. The Morgan fingerprint density at radius 2 is 1.84 bits per heavy atom. The predicted molar refractivity (Wildman–Crippen MR) is 120 cm³/mol. The number of ether oxygens (including phenoxy) is 1. The maximum Gasteiger partial charge on any atom is 0.339 e. The molecule has 172 valence electrons. The molecule has 2 aromatic rings. The smallest absolute Gasteiger partial charge is 0.339 e. The molecule has 1 saturated carbocycles. The minimum Gasteiger partial charge on any atom is -0.481 e. The zero-order chi connectivity index (χ0) is 22.8. The molecule has 1 amide bonds. The number of carbonyl (C=O) groups is 2. The Morgan fingerprint density at radius 3 is 2.53 bits per heavy atom. The van der Waals surface area contributed by atoms with Gasteiger partial charge in [0, 0.05) is 12.1 Å². The van der Waals surface area contributed by atoms with E-state index in [2.05, 4.69) is 5.32 Å². The SMILES string of the molecule is Cc1cc(O[C@H](C)C(=O)NCC2CCC(C(=O)O)CC2)c2c3c(c(=O)oc2c1)CCCC3. The average Bonchev–Trinajstić information content (AvgIpc) is 2.77. The van der Waals surface area contributed by atoms with Crippen molar-refractivity contribution in [3.63, 3.8) is 0 Å². The van der Waals surface area contributed by atoms with Crippen molar-refractivity contribution >= 4 is 22.8 Å². The molecule has 1 heterocycles. The van der Waals surface area contributed by atoms with Crippen molar-refractivity contribution in [2.75, 3.05) is 6.54 Å². The molecular formula is C25H31NO6. The molecule has 1 fully saturated rings. The van der Waals surface area contributed by atoms with Crippen molar-refractivity contribution in [3.05, 3.63) is 39.2 Å². The zero-order valence-electron chi connectivity index (χ0n) is 18.7. The van der Waals surface area contributed by atoms with E-state index in [1.54, 1.807) is 6.92 Å². The number of benzene rings is 1. The lowest BCUT2D eigenvalue weighted by Crippen LogP contribution is -2.39. The lowest BCUT2D eigenvalue weighted by Gasteiger charge is -2.26. The summed E-state index contributed by atoms with van der Waals surface area (Å²) in [6.07, 6.45) is 5.72. The van der Waals surface area contributed by atoms with Crippen molar-refractivity contribution in [1.82, 2.24) is 5.32 Å². The molecule has 4 rings (SSSR count). The van der Waals surface area contributed by atoms with Gasteiger partial charge in [-0.15, -0.1) is 0 Å². The number of carboxylic acid groups (broad SMARTS) is 1. The first-order valence-electron chi connectivity index (χ1n) is 11.6. The fourth-order valence-corrected chi connectivity index (χ4v) is 5.01. The maximum absolute atomic E-state index is 12.7. The summed E-state index contributed by atoms with van der Waals surface area (Å²) in [5, 5.41) is 12.9. The molecule has 7 heteroatoms. The molecule has 2 aliphatic rings. The summed E-state index contributed by atoms with van der Waals surface area (Å²) in [5.74, 6) is -0.316. The summed E-state index contributed by atoms with van der Waals surface area (Å²) < 4.78 is 11.7. The first kappa shape index (κ1) is 22.4. The summed E-state index contributed by atoms with van der Waals surface area (Å²) in [5.41, 5.74) is 2.85. The van der Waals surface area contributed by atoms with E-state index >= 15 is 0 Å². The lowest BCUT2D eigenvalue weighted by molar-refractivity contribution is -0.143. The third-order valence-corrected chi connectivity index (χ3v) is 6.86. The summed E-state index contributed by atoms with van der Waals surface area (Å²) in [6, 6.07) is 3.74. The average molecular weight is 442 g/mol. The van der Waals surface area contributed by atoms with E-state index in [0.717, 1.165) is 54.2 Å². The summed E-state index contributed by atoms with van der Waals surface area (Å²) in [7, 11) is 0. The number of rotatable bonds is 6. The molecule has 2 N–H and O–H groups in total. The normalized spacial score (nSPS) is 21.6. The van der Waals surface area contributed by atoms with Crippen LogP contribution in [0.3, 0.4) is 0 Å². The van der Waals surface area contributed by atoms with Crippen LogP contribution in [0.4, 0.5) is 0 Å². The standard InChI is InChI=1S/C25H31NO6/c1-14-11-20(22-18-5-3-4-6-19(18)25(30)32-21(22)12-14)31-15(2)23(27)26-13-16-7-9-17(10-8-16)24(28)29/h11-12,15-17H,3-10,13H2,1-2H3,(H,26,27)(H,28,29)/t15-,16?,17?/m1/s1. The number of carbonyl (C=O) groups excluding carboxylic acids is 1. The van der Waals surface area contributed by atoms with E-state index in [1.807, 2.05) is 19.1 Å². The highest BCUT2D eigenvalue weighted by molar-refractivity contribution is 5.89. The molecule has 32 heavy (non-hydrogen) atoms. The number of amides is 1. The van der Waals surface area contributed by atoms with Crippen molar-refractivity contribution in [1.29, 1.82) is 0 Å². The van der Waals surface area contributed by atoms with Crippen LogP contribution in [0.2, 0.25) is 0 Å². The molecule has 2 aliphatic carbocycles. The zero-order valence-corrected chi connectivity index (χ0v) is 18.7. The van der Waals surface area contributed by atoms with E-state index in [0.29, 0.717) is 43.1 Å². The molecule has 1 atom stereocenters. The fraction of sp³-hybridized carbons (Fsp3) is 0.560. The van der Waals surface area contributed by atoms with Crippen molar-refractivity contribution < 1.29 is 23.8 Å². The van der Waals surface area contributed by atoms with Gasteiger partial charge in [0.15, 0.2) is 6.10 Å². The Labute approximate surface area is 187 Å². The molecular weight excluding hydrogens is 410 g/mol. The van der Waals surface area contributed by atoms with Crippen LogP contribution in [0.25, 0.3) is 11.0 Å². The van der Waals surface area contributed by atoms with Gasteiger partial charge in [-0.3, -0.25) is 9.59 Å². The summed E-state index contributed by atoms with van der Waals surface area (Å²) >= 11 is 0. The second-order valence-corrected chi connectivity index (χ2v) is 9.25. The third-order valence-electron chi connectivity index (χ3n) is 6.86. The minimum atomic E-state index is -0.724. The fourth-order valence-electron chi connectivity index (χ4n) is 5.01. The molecule has 0 aliphatic heterocycles. The number of hydrogen-bond acceptors (Lipinski definition) is 5. The molecule has 0 bridgehead atoms. The summed E-state index contributed by atoms with van der Waals surface area (Å²) in [4.78, 5) is 36.2. The van der Waals surface area contributed by atoms with Crippen LogP contribution >= 0.6 is 0 Å². The van der Waals surface area contributed by atoms with Crippen LogP contribution in [0.15, 0.2) is 21.3 Å². The largest absolute Gasteiger partial charge is 0.481 e. The topological polar surface area (TPSA) is 106 Å². The van der Waals surface area contributed by atoms with E-state index in [1.165, 1.54) is 0 Å². The number of hydrogen-bond donors (Lipinski definition) is 2. The van der Waals surface area contributed by atoms with Crippen LogP contribution in [0, 0.1) is 18.8 Å². The monoisotopic (exact) mass is 441 g/mol. The van der Waals surface area contributed by atoms with Gasteiger partial charge < -0.3 is 19.6 Å². The quantitative estimate of drug-likeness (QED) is 0.662. The van der Waals surface area contributed by atoms with Gasteiger partial charge in [0.2, 0.25) is 0 Å². The molecule has 0 spiro atoms. The first-order chi connectivity index (χ1) is 15.3. The van der Waals surface area contributed by atoms with Gasteiger partial charge in [0.1, 0.15) is 11.3 Å². The van der Waals surface area contributed by atoms with E-state index in [9.17, 15) is 14.4 Å². The van der Waals surface area contributed by atoms with Crippen LogP contribution in [-0.2, 0) is 22.4 Å². The van der Waals surface area contributed by atoms with Gasteiger partial charge in [-0.2, -0.15) is 0 Å². The summed E-state index contributed by atoms with van der Waals surface area (Å²) in [6.45, 7) is 4.15. The minimum absolute atomic E-state index is 0.203. The maximum atomic E-state index is 12.7. The molecule has 1 aromatic carbocycles. The van der Waals surface area contributed by atoms with Crippen molar-refractivity contribution in [3.8, 4) is 5.75 Å². The van der Waals surface area contributed by atoms with Gasteiger partial charge >= 0.3 is 11.6 Å². The Bertz CT molecular complexity index is 1080. The van der Waals surface area contributed by atoms with Gasteiger partial charge in [0.05, 0.1) is 11.3 Å². The van der Waals surface area contributed by atoms with Crippen LogP contribution in [0.1, 0.15) is 62.1 Å². The van der Waals surface area contributed by atoms with Crippen LogP contribution in [-0.4, -0.2) is 29.6 Å². The molecule has 0 saturated heterocycles. The molecule has 0 radical (unpaired) electrons. The van der Waals surface area contributed by atoms with Crippen molar-refractivity contribution in [2.24, 2.45) is 11.8 Å². The third kappa shape index (κ3) is 4.66. The van der Waals surface area contributed by atoms with E-state index < -0.39 is 12.1 Å². The second kappa shape index (κ2) is 9.35. The van der Waals surface area contributed by atoms with Gasteiger partial charge in [-0.05, 0) is 94.4 Å². The Morgan fingerprint density at radius 1 is 1.16 bits per heavy atom. The highest BCUT2D eigenvalue weighted by Crippen LogP contribution is 2.35. The molecule has 1 aromatic heterocycles. The number of nitrogens with one attached hydrogen (secondary N) is 1. The van der Waals surface area contributed by atoms with Gasteiger partial charge in [-0.1, -0.05) is 0 Å². The first-order valence-corrected chi connectivity index (χ1v) is 11.6. The van der Waals surface area contributed by atoms with Crippen LogP contribution in [0.5, 0.6) is 5.75 Å².